The molecule has 0 saturated heterocycles. The molecule has 2 rings (SSSR count). The molecule has 186 valence electrons. The number of hydrogen-bond donors (Lipinski definition) is 1. The molecule has 0 heterocycles. The number of anilines is 1. The molecule has 2 aromatic rings. The predicted molar refractivity (Wildman–Crippen MR) is 146 cm³/mol. The molecule has 34 heavy (non-hydrogen) atoms. The monoisotopic (exact) mass is 639 g/mol. The zero-order valence-corrected chi connectivity index (χ0v) is 24.1. The lowest BCUT2D eigenvalue weighted by Crippen LogP contribution is -2.54. The van der Waals surface area contributed by atoms with Gasteiger partial charge in [-0.15, -0.1) is 0 Å². The quantitative estimate of drug-likeness (QED) is 0.425. The summed E-state index contributed by atoms with van der Waals surface area (Å²) in [4.78, 5) is 27.7. The highest BCUT2D eigenvalue weighted by Crippen LogP contribution is 2.25. The van der Waals surface area contributed by atoms with Crippen molar-refractivity contribution >= 4 is 73.3 Å². The SMILES string of the molecule is CC(C(=O)NC(C)(C)C)N(Cc1ccc(Cl)c(Cl)c1)C(=O)CN(c1ccc(I)cc1)S(C)(=O)=O. The minimum absolute atomic E-state index is 0.0404. The third-order valence-electron chi connectivity index (χ3n) is 4.80. The van der Waals surface area contributed by atoms with Gasteiger partial charge in [0.1, 0.15) is 12.6 Å². The number of nitrogens with one attached hydrogen (secondary N) is 1. The molecule has 0 bridgehead atoms. The van der Waals surface area contributed by atoms with Crippen molar-refractivity contribution in [3.8, 4) is 0 Å². The molecule has 1 unspecified atom stereocenters. The maximum atomic E-state index is 13.5. The second kappa shape index (κ2) is 11.5. The van der Waals surface area contributed by atoms with E-state index in [0.717, 1.165) is 14.1 Å². The van der Waals surface area contributed by atoms with Gasteiger partial charge in [0.05, 0.1) is 22.0 Å². The van der Waals surface area contributed by atoms with Crippen molar-refractivity contribution in [2.45, 2.75) is 45.8 Å². The Hall–Kier alpha value is -1.56. The van der Waals surface area contributed by atoms with Crippen LogP contribution in [0.25, 0.3) is 0 Å². The Morgan fingerprint density at radius 2 is 1.65 bits per heavy atom. The Kier molecular flexibility index (Phi) is 9.66. The highest BCUT2D eigenvalue weighted by molar-refractivity contribution is 14.1. The van der Waals surface area contributed by atoms with Gasteiger partial charge in [-0.25, -0.2) is 8.42 Å². The summed E-state index contributed by atoms with van der Waals surface area (Å²) in [6, 6.07) is 10.8. The van der Waals surface area contributed by atoms with Crippen LogP contribution in [0.3, 0.4) is 0 Å². The van der Waals surface area contributed by atoms with Crippen LogP contribution in [0.1, 0.15) is 33.3 Å². The van der Waals surface area contributed by atoms with Crippen LogP contribution in [0.15, 0.2) is 42.5 Å². The van der Waals surface area contributed by atoms with Gasteiger partial charge >= 0.3 is 0 Å². The molecule has 0 spiro atoms. The van der Waals surface area contributed by atoms with Crippen LogP contribution in [0.2, 0.25) is 10.0 Å². The first-order valence-electron chi connectivity index (χ1n) is 10.4. The van der Waals surface area contributed by atoms with Crippen LogP contribution in [-0.4, -0.2) is 49.5 Å². The Balaban J connectivity index is 2.42. The predicted octanol–water partition coefficient (Wildman–Crippen LogP) is 4.70. The zero-order chi connectivity index (χ0) is 25.8. The first-order valence-corrected chi connectivity index (χ1v) is 14.1. The van der Waals surface area contributed by atoms with E-state index < -0.39 is 34.1 Å². The number of amides is 2. The third kappa shape index (κ3) is 8.28. The summed E-state index contributed by atoms with van der Waals surface area (Å²) < 4.78 is 27.1. The summed E-state index contributed by atoms with van der Waals surface area (Å²) in [7, 11) is -3.78. The summed E-state index contributed by atoms with van der Waals surface area (Å²) in [6.45, 7) is 6.69. The van der Waals surface area contributed by atoms with Crippen LogP contribution in [0, 0.1) is 3.57 Å². The normalized spacial score (nSPS) is 12.7. The van der Waals surface area contributed by atoms with Gasteiger partial charge in [0.2, 0.25) is 21.8 Å². The number of hydrogen-bond acceptors (Lipinski definition) is 4. The fourth-order valence-electron chi connectivity index (χ4n) is 3.11. The van der Waals surface area contributed by atoms with Gasteiger partial charge in [0.25, 0.3) is 0 Å². The lowest BCUT2D eigenvalue weighted by molar-refractivity contribution is -0.140. The maximum Gasteiger partial charge on any atom is 0.244 e. The van der Waals surface area contributed by atoms with Crippen LogP contribution < -0.4 is 9.62 Å². The lowest BCUT2D eigenvalue weighted by atomic mass is 10.1. The molecule has 0 aliphatic rings. The minimum Gasteiger partial charge on any atom is -0.350 e. The smallest absolute Gasteiger partial charge is 0.244 e. The second-order valence-corrected chi connectivity index (χ2v) is 12.9. The average Bonchev–Trinajstić information content (AvgIpc) is 2.71. The van der Waals surface area contributed by atoms with Gasteiger partial charge in [0.15, 0.2) is 0 Å². The maximum absolute atomic E-state index is 13.5. The molecule has 7 nitrogen and oxygen atoms in total. The zero-order valence-electron chi connectivity index (χ0n) is 19.6. The van der Waals surface area contributed by atoms with Gasteiger partial charge in [-0.05, 0) is 92.2 Å². The van der Waals surface area contributed by atoms with Crippen LogP contribution in [-0.2, 0) is 26.2 Å². The number of halogens is 3. The van der Waals surface area contributed by atoms with Gasteiger partial charge < -0.3 is 10.2 Å². The van der Waals surface area contributed by atoms with Crippen LogP contribution >= 0.6 is 45.8 Å². The first kappa shape index (κ1) is 28.7. The molecule has 0 aromatic heterocycles. The van der Waals surface area contributed by atoms with Crippen LogP contribution in [0.4, 0.5) is 5.69 Å². The van der Waals surface area contributed by atoms with Crippen molar-refractivity contribution in [1.29, 1.82) is 0 Å². The molecule has 1 N–H and O–H groups in total. The number of carbonyl (C=O) groups is 2. The van der Waals surface area contributed by atoms with E-state index in [9.17, 15) is 18.0 Å². The van der Waals surface area contributed by atoms with E-state index in [4.69, 9.17) is 23.2 Å². The fraction of sp³-hybridized carbons (Fsp3) is 0.391. The summed E-state index contributed by atoms with van der Waals surface area (Å²) >= 11 is 14.3. The van der Waals surface area contributed by atoms with E-state index in [1.807, 2.05) is 20.8 Å². The van der Waals surface area contributed by atoms with Crippen molar-refractivity contribution in [3.63, 3.8) is 0 Å². The highest BCUT2D eigenvalue weighted by Gasteiger charge is 2.31. The molecule has 2 amide bonds. The van der Waals surface area contributed by atoms with E-state index in [-0.39, 0.29) is 12.5 Å². The van der Waals surface area contributed by atoms with Gasteiger partial charge in [-0.2, -0.15) is 0 Å². The molecule has 0 radical (unpaired) electrons. The van der Waals surface area contributed by atoms with Crippen molar-refractivity contribution in [2.24, 2.45) is 0 Å². The van der Waals surface area contributed by atoms with E-state index in [1.165, 1.54) is 4.90 Å². The third-order valence-corrected chi connectivity index (χ3v) is 7.40. The molecule has 1 atom stereocenters. The summed E-state index contributed by atoms with van der Waals surface area (Å²) in [6.07, 6.45) is 1.04. The Morgan fingerprint density at radius 1 is 1.06 bits per heavy atom. The average molecular weight is 640 g/mol. The fourth-order valence-corrected chi connectivity index (χ4v) is 4.64. The molecule has 11 heteroatoms. The summed E-state index contributed by atoms with van der Waals surface area (Å²) in [5, 5.41) is 3.55. The standard InChI is InChI=1S/C23H28Cl2IN3O4S/c1-15(22(31)27-23(2,3)4)28(13-16-6-11-19(24)20(25)12-16)21(30)14-29(34(5,32)33)18-9-7-17(26)8-10-18/h6-12,15H,13-14H2,1-5H3,(H,27,31). The minimum atomic E-state index is -3.78. The molecule has 0 aliphatic heterocycles. The first-order chi connectivity index (χ1) is 15.6. The van der Waals surface area contributed by atoms with Gasteiger partial charge in [-0.3, -0.25) is 13.9 Å². The van der Waals surface area contributed by atoms with E-state index in [0.29, 0.717) is 21.3 Å². The molecule has 2 aromatic carbocycles. The molecule has 0 saturated carbocycles. The number of rotatable bonds is 8. The van der Waals surface area contributed by atoms with Gasteiger partial charge in [-0.1, -0.05) is 29.3 Å². The Morgan fingerprint density at radius 3 is 2.15 bits per heavy atom. The van der Waals surface area contributed by atoms with E-state index in [1.54, 1.807) is 49.4 Å². The molecular weight excluding hydrogens is 612 g/mol. The Bertz CT molecular complexity index is 1150. The van der Waals surface area contributed by atoms with Crippen molar-refractivity contribution in [3.05, 3.63) is 61.6 Å². The summed E-state index contributed by atoms with van der Waals surface area (Å²) in [5.41, 5.74) is 0.500. The number of nitrogens with zero attached hydrogens (tertiary/aromatic N) is 2. The molecule has 0 fully saturated rings. The van der Waals surface area contributed by atoms with Crippen molar-refractivity contribution in [1.82, 2.24) is 10.2 Å². The lowest BCUT2D eigenvalue weighted by Gasteiger charge is -2.33. The van der Waals surface area contributed by atoms with Crippen LogP contribution in [0.5, 0.6) is 0 Å². The number of benzene rings is 2. The van der Waals surface area contributed by atoms with Crippen molar-refractivity contribution in [2.75, 3.05) is 17.1 Å². The van der Waals surface area contributed by atoms with E-state index in [2.05, 4.69) is 27.9 Å². The highest BCUT2D eigenvalue weighted by atomic mass is 127. The largest absolute Gasteiger partial charge is 0.350 e. The second-order valence-electron chi connectivity index (χ2n) is 8.93. The van der Waals surface area contributed by atoms with E-state index >= 15 is 0 Å². The topological polar surface area (TPSA) is 86.8 Å². The molecular formula is C23H28Cl2IN3O4S. The Labute approximate surface area is 225 Å². The van der Waals surface area contributed by atoms with Gasteiger partial charge in [0, 0.05) is 15.7 Å². The van der Waals surface area contributed by atoms with Crippen molar-refractivity contribution < 1.29 is 18.0 Å². The molecule has 0 aliphatic carbocycles. The number of carbonyl (C=O) groups excluding carboxylic acids is 2. The number of sulfonamides is 1. The summed E-state index contributed by atoms with van der Waals surface area (Å²) in [5.74, 6) is -0.896.